The molecule has 0 aromatic heterocycles. The summed E-state index contributed by atoms with van der Waals surface area (Å²) >= 11 is 1.86. The molecule has 3 aromatic rings. The molecule has 1 saturated heterocycles. The van der Waals surface area contributed by atoms with Crippen molar-refractivity contribution in [2.45, 2.75) is 61.7 Å². The summed E-state index contributed by atoms with van der Waals surface area (Å²) in [5, 5.41) is 13.2. The van der Waals surface area contributed by atoms with Crippen molar-refractivity contribution in [2.24, 2.45) is 5.92 Å². The lowest BCUT2D eigenvalue weighted by molar-refractivity contribution is 0.0521. The van der Waals surface area contributed by atoms with Gasteiger partial charge in [0, 0.05) is 31.0 Å². The molecule has 1 heterocycles. The molecule has 2 N–H and O–H groups in total. The fraction of sp³-hybridized carbons (Fsp3) is 0.405. The van der Waals surface area contributed by atoms with E-state index in [0.29, 0.717) is 25.9 Å². The first-order valence-corrected chi connectivity index (χ1v) is 16.5. The van der Waals surface area contributed by atoms with Crippen LogP contribution in [0.2, 0.25) is 0 Å². The number of rotatable bonds is 13. The molecule has 8 heteroatoms. The predicted molar refractivity (Wildman–Crippen MR) is 181 cm³/mol. The number of alkyl carbamates (subject to hydrolysis) is 1. The van der Waals surface area contributed by atoms with Gasteiger partial charge in [-0.25, -0.2) is 9.59 Å². The van der Waals surface area contributed by atoms with Gasteiger partial charge in [-0.15, -0.1) is 11.8 Å². The van der Waals surface area contributed by atoms with Gasteiger partial charge < -0.3 is 24.8 Å². The SMILES string of the molecule is C=CCOC(=O)N1C[C@@H](SC(c2ccccc2)(c2ccccc2)c2ccccc2)C[C@H]1CC(CO)CCNC(=O)OC(C)(C)C. The van der Waals surface area contributed by atoms with Crippen LogP contribution in [0.5, 0.6) is 0 Å². The molecular formula is C37H46N2O5S. The number of carbonyl (C=O) groups excluding carboxylic acids is 2. The largest absolute Gasteiger partial charge is 0.445 e. The standard InChI is InChI=1S/C37H46N2O5S/c1-5-23-43-35(42)39-26-33(25-32(39)24-28(27-40)21-22-38-34(41)44-36(2,3)4)45-37(29-15-9-6-10-16-29,30-17-11-7-12-18-30)31-19-13-8-14-20-31/h5-20,28,32-33,40H,1,21-27H2,2-4H3,(H,38,41)/t28?,32-,33+/m1/s1. The highest BCUT2D eigenvalue weighted by molar-refractivity contribution is 8.01. The number of aliphatic hydroxyl groups is 1. The highest BCUT2D eigenvalue weighted by Crippen LogP contribution is 2.52. The molecule has 0 aliphatic carbocycles. The second kappa shape index (κ2) is 16.0. The topological polar surface area (TPSA) is 88.1 Å². The number of amides is 2. The lowest BCUT2D eigenvalue weighted by atomic mass is 9.84. The average Bonchev–Trinajstić information content (AvgIpc) is 3.44. The van der Waals surface area contributed by atoms with E-state index in [4.69, 9.17) is 9.47 Å². The van der Waals surface area contributed by atoms with Gasteiger partial charge in [-0.2, -0.15) is 0 Å². The number of thioether (sulfide) groups is 1. The highest BCUT2D eigenvalue weighted by atomic mass is 32.2. The first-order valence-electron chi connectivity index (χ1n) is 15.6. The van der Waals surface area contributed by atoms with E-state index in [1.807, 2.05) is 55.6 Å². The van der Waals surface area contributed by atoms with Crippen molar-refractivity contribution in [3.05, 3.63) is 120 Å². The number of nitrogens with zero attached hydrogens (tertiary/aromatic N) is 1. The van der Waals surface area contributed by atoms with Gasteiger partial charge in [0.25, 0.3) is 0 Å². The summed E-state index contributed by atoms with van der Waals surface area (Å²) in [5.41, 5.74) is 2.91. The molecule has 3 aromatic carbocycles. The first kappa shape index (κ1) is 34.1. The number of ether oxygens (including phenoxy) is 2. The van der Waals surface area contributed by atoms with E-state index in [9.17, 15) is 14.7 Å². The molecule has 240 valence electrons. The number of likely N-dealkylation sites (tertiary alicyclic amines) is 1. The second-order valence-electron chi connectivity index (χ2n) is 12.4. The van der Waals surface area contributed by atoms with Gasteiger partial charge in [-0.05, 0) is 62.6 Å². The molecule has 3 atom stereocenters. The minimum atomic E-state index is -0.586. The van der Waals surface area contributed by atoms with Crippen LogP contribution < -0.4 is 5.32 Å². The zero-order valence-electron chi connectivity index (χ0n) is 26.6. The maximum atomic E-state index is 13.4. The summed E-state index contributed by atoms with van der Waals surface area (Å²) in [4.78, 5) is 27.3. The van der Waals surface area contributed by atoms with Crippen LogP contribution in [0.1, 0.15) is 56.7 Å². The van der Waals surface area contributed by atoms with E-state index < -0.39 is 16.4 Å². The summed E-state index contributed by atoms with van der Waals surface area (Å²) < 4.78 is 10.4. The molecule has 0 radical (unpaired) electrons. The number of hydrogen-bond donors (Lipinski definition) is 2. The number of aliphatic hydroxyl groups excluding tert-OH is 1. The van der Waals surface area contributed by atoms with E-state index in [2.05, 4.69) is 84.7 Å². The normalized spacial score (nSPS) is 17.4. The highest BCUT2D eigenvalue weighted by Gasteiger charge is 2.45. The number of benzene rings is 3. The molecule has 2 amide bonds. The van der Waals surface area contributed by atoms with Crippen molar-refractivity contribution >= 4 is 23.9 Å². The van der Waals surface area contributed by atoms with Crippen molar-refractivity contribution in [2.75, 3.05) is 26.3 Å². The molecule has 7 nitrogen and oxygen atoms in total. The molecule has 1 aliphatic heterocycles. The Labute approximate surface area is 272 Å². The summed E-state index contributed by atoms with van der Waals surface area (Å²) in [6.07, 6.45) is 2.59. The number of carbonyl (C=O) groups is 2. The Hall–Kier alpha value is -3.75. The van der Waals surface area contributed by atoms with Crippen LogP contribution in [0.3, 0.4) is 0 Å². The van der Waals surface area contributed by atoms with Crippen LogP contribution >= 0.6 is 11.8 Å². The van der Waals surface area contributed by atoms with Crippen LogP contribution in [0.15, 0.2) is 104 Å². The molecular weight excluding hydrogens is 584 g/mol. The van der Waals surface area contributed by atoms with E-state index in [1.54, 1.807) is 6.08 Å². The van der Waals surface area contributed by atoms with E-state index in [1.165, 1.54) is 0 Å². The van der Waals surface area contributed by atoms with Gasteiger partial charge in [0.1, 0.15) is 12.2 Å². The maximum absolute atomic E-state index is 13.4. The van der Waals surface area contributed by atoms with E-state index in [0.717, 1.165) is 23.1 Å². The van der Waals surface area contributed by atoms with Crippen LogP contribution in [-0.2, 0) is 14.2 Å². The fourth-order valence-electron chi connectivity index (χ4n) is 5.95. The lowest BCUT2D eigenvalue weighted by Gasteiger charge is -2.37. The van der Waals surface area contributed by atoms with Crippen LogP contribution in [0.4, 0.5) is 9.59 Å². The third-order valence-electron chi connectivity index (χ3n) is 7.90. The van der Waals surface area contributed by atoms with Gasteiger partial charge in [-0.1, -0.05) is 104 Å². The Balaban J connectivity index is 1.61. The summed E-state index contributed by atoms with van der Waals surface area (Å²) in [6.45, 7) is 10.1. The van der Waals surface area contributed by atoms with Gasteiger partial charge in [0.05, 0.1) is 4.75 Å². The second-order valence-corrected chi connectivity index (χ2v) is 13.9. The Kier molecular flexibility index (Phi) is 12.1. The first-order chi connectivity index (χ1) is 21.7. The Morgan fingerprint density at radius 2 is 1.51 bits per heavy atom. The maximum Gasteiger partial charge on any atom is 0.410 e. The lowest BCUT2D eigenvalue weighted by Crippen LogP contribution is -2.38. The van der Waals surface area contributed by atoms with Crippen LogP contribution in [0, 0.1) is 5.92 Å². The minimum absolute atomic E-state index is 0.0537. The Morgan fingerprint density at radius 1 is 0.978 bits per heavy atom. The van der Waals surface area contributed by atoms with E-state index >= 15 is 0 Å². The molecule has 1 unspecified atom stereocenters. The summed E-state index contributed by atoms with van der Waals surface area (Å²) in [5.74, 6) is -0.120. The summed E-state index contributed by atoms with van der Waals surface area (Å²) in [7, 11) is 0. The van der Waals surface area contributed by atoms with Crippen LogP contribution in [-0.4, -0.2) is 65.4 Å². The fourth-order valence-corrected chi connectivity index (χ4v) is 7.82. The third-order valence-corrected chi connectivity index (χ3v) is 9.64. The molecule has 45 heavy (non-hydrogen) atoms. The van der Waals surface area contributed by atoms with Crippen LogP contribution in [0.25, 0.3) is 0 Å². The number of nitrogens with one attached hydrogen (secondary N) is 1. The Morgan fingerprint density at radius 3 is 1.98 bits per heavy atom. The molecule has 4 rings (SSSR count). The third kappa shape index (κ3) is 9.14. The van der Waals surface area contributed by atoms with Crippen molar-refractivity contribution in [3.63, 3.8) is 0 Å². The van der Waals surface area contributed by atoms with Crippen molar-refractivity contribution < 1.29 is 24.2 Å². The Bertz CT molecular complexity index is 1270. The molecule has 1 fully saturated rings. The summed E-state index contributed by atoms with van der Waals surface area (Å²) in [6, 6.07) is 31.5. The molecule has 0 spiro atoms. The van der Waals surface area contributed by atoms with Crippen molar-refractivity contribution in [3.8, 4) is 0 Å². The van der Waals surface area contributed by atoms with Crippen molar-refractivity contribution in [1.82, 2.24) is 10.2 Å². The quantitative estimate of drug-likeness (QED) is 0.151. The van der Waals surface area contributed by atoms with Gasteiger partial charge >= 0.3 is 12.2 Å². The smallest absolute Gasteiger partial charge is 0.410 e. The van der Waals surface area contributed by atoms with Gasteiger partial charge in [0.15, 0.2) is 0 Å². The monoisotopic (exact) mass is 630 g/mol. The molecule has 1 aliphatic rings. The van der Waals surface area contributed by atoms with Crippen molar-refractivity contribution in [1.29, 1.82) is 0 Å². The zero-order valence-corrected chi connectivity index (χ0v) is 27.4. The number of hydrogen-bond acceptors (Lipinski definition) is 6. The van der Waals surface area contributed by atoms with Gasteiger partial charge in [0.2, 0.25) is 0 Å². The van der Waals surface area contributed by atoms with Gasteiger partial charge in [-0.3, -0.25) is 0 Å². The zero-order chi connectivity index (χ0) is 32.3. The van der Waals surface area contributed by atoms with E-state index in [-0.39, 0.29) is 36.5 Å². The molecule has 0 bridgehead atoms. The average molecular weight is 631 g/mol. The minimum Gasteiger partial charge on any atom is -0.445 e. The molecule has 0 saturated carbocycles. The predicted octanol–water partition coefficient (Wildman–Crippen LogP) is 7.39.